The van der Waals surface area contributed by atoms with E-state index >= 15 is 0 Å². The fraction of sp³-hybridized carbons (Fsp3) is 0.0909. The lowest BCUT2D eigenvalue weighted by molar-refractivity contribution is -0.126. The number of nitrogens with one attached hydrogen (secondary N) is 1. The molecule has 6 heteroatoms. The standard InChI is InChI=1S/C22H18Cl2N2O2/c23-19-12-11-16(13-20(19)24)14-25-28-15-21(27)26-22(17-7-3-1-4-8-17)18-9-5-2-6-10-18/h1-14,22H,15H2,(H,26,27)/b25-14-. The minimum atomic E-state index is -0.274. The third-order valence-corrected chi connectivity index (χ3v) is 4.73. The predicted molar refractivity (Wildman–Crippen MR) is 113 cm³/mol. The van der Waals surface area contributed by atoms with E-state index in [1.807, 2.05) is 60.7 Å². The van der Waals surface area contributed by atoms with Crippen molar-refractivity contribution in [3.8, 4) is 0 Å². The number of carbonyl (C=O) groups is 1. The fourth-order valence-corrected chi connectivity index (χ4v) is 2.95. The molecular formula is C22H18Cl2N2O2. The molecule has 28 heavy (non-hydrogen) atoms. The molecule has 142 valence electrons. The number of rotatable bonds is 7. The van der Waals surface area contributed by atoms with Crippen molar-refractivity contribution in [1.29, 1.82) is 0 Å². The van der Waals surface area contributed by atoms with Gasteiger partial charge in [-0.2, -0.15) is 0 Å². The highest BCUT2D eigenvalue weighted by molar-refractivity contribution is 6.42. The summed E-state index contributed by atoms with van der Waals surface area (Å²) >= 11 is 11.8. The van der Waals surface area contributed by atoms with Crippen molar-refractivity contribution in [2.75, 3.05) is 6.61 Å². The van der Waals surface area contributed by atoms with E-state index in [2.05, 4.69) is 10.5 Å². The highest BCUT2D eigenvalue weighted by Gasteiger charge is 2.16. The number of hydrogen-bond donors (Lipinski definition) is 1. The quantitative estimate of drug-likeness (QED) is 0.425. The van der Waals surface area contributed by atoms with E-state index in [1.165, 1.54) is 6.21 Å². The highest BCUT2D eigenvalue weighted by Crippen LogP contribution is 2.22. The van der Waals surface area contributed by atoms with E-state index in [1.54, 1.807) is 18.2 Å². The number of hydrogen-bond acceptors (Lipinski definition) is 3. The predicted octanol–water partition coefficient (Wildman–Crippen LogP) is 5.25. The largest absolute Gasteiger partial charge is 0.386 e. The average Bonchev–Trinajstić information content (AvgIpc) is 2.73. The third-order valence-electron chi connectivity index (χ3n) is 3.99. The van der Waals surface area contributed by atoms with Gasteiger partial charge in [-0.05, 0) is 28.8 Å². The van der Waals surface area contributed by atoms with Crippen molar-refractivity contribution in [2.45, 2.75) is 6.04 Å². The lowest BCUT2D eigenvalue weighted by atomic mass is 9.99. The van der Waals surface area contributed by atoms with Gasteiger partial charge in [0.05, 0.1) is 22.3 Å². The van der Waals surface area contributed by atoms with E-state index in [-0.39, 0.29) is 18.6 Å². The van der Waals surface area contributed by atoms with Gasteiger partial charge in [-0.1, -0.05) is 95.1 Å². The summed E-state index contributed by atoms with van der Waals surface area (Å²) in [5.74, 6) is -0.274. The first-order valence-electron chi connectivity index (χ1n) is 8.63. The second-order valence-corrected chi connectivity index (χ2v) is 6.82. The van der Waals surface area contributed by atoms with Crippen LogP contribution < -0.4 is 5.32 Å². The molecule has 0 unspecified atom stereocenters. The summed E-state index contributed by atoms with van der Waals surface area (Å²) in [7, 11) is 0. The SMILES string of the molecule is O=C(CO/N=C\c1ccc(Cl)c(Cl)c1)NC(c1ccccc1)c1ccccc1. The number of carbonyl (C=O) groups excluding carboxylic acids is 1. The zero-order valence-corrected chi connectivity index (χ0v) is 16.4. The Morgan fingerprint density at radius 1 is 0.929 bits per heavy atom. The summed E-state index contributed by atoms with van der Waals surface area (Å²) in [6.07, 6.45) is 1.47. The molecule has 0 fully saturated rings. The van der Waals surface area contributed by atoms with E-state index < -0.39 is 0 Å². The fourth-order valence-electron chi connectivity index (χ4n) is 2.64. The van der Waals surface area contributed by atoms with Crippen LogP contribution in [0, 0.1) is 0 Å². The Hall–Kier alpha value is -2.82. The van der Waals surface area contributed by atoms with Crippen molar-refractivity contribution in [3.05, 3.63) is 106 Å². The van der Waals surface area contributed by atoms with Crippen LogP contribution in [0.5, 0.6) is 0 Å². The van der Waals surface area contributed by atoms with E-state index in [9.17, 15) is 4.79 Å². The van der Waals surface area contributed by atoms with Crippen molar-refractivity contribution >= 4 is 35.3 Å². The first kappa shape index (κ1) is 19.9. The van der Waals surface area contributed by atoms with Crippen molar-refractivity contribution in [3.63, 3.8) is 0 Å². The zero-order chi connectivity index (χ0) is 19.8. The number of benzene rings is 3. The van der Waals surface area contributed by atoms with Crippen LogP contribution in [-0.2, 0) is 9.63 Å². The van der Waals surface area contributed by atoms with Gasteiger partial charge in [0.25, 0.3) is 5.91 Å². The Bertz CT molecular complexity index is 908. The summed E-state index contributed by atoms with van der Waals surface area (Å²) in [5, 5.41) is 7.70. The number of nitrogens with zero attached hydrogens (tertiary/aromatic N) is 1. The number of halogens is 2. The molecule has 3 rings (SSSR count). The van der Waals surface area contributed by atoms with E-state index in [4.69, 9.17) is 28.0 Å². The van der Waals surface area contributed by atoms with Crippen LogP contribution >= 0.6 is 23.2 Å². The molecule has 0 heterocycles. The first-order valence-corrected chi connectivity index (χ1v) is 9.39. The summed E-state index contributed by atoms with van der Waals surface area (Å²) in [6, 6.07) is 24.4. The lowest BCUT2D eigenvalue weighted by Gasteiger charge is -2.19. The topological polar surface area (TPSA) is 50.7 Å². The summed E-state index contributed by atoms with van der Waals surface area (Å²) in [6.45, 7) is -0.200. The number of amides is 1. The third kappa shape index (κ3) is 5.59. The molecule has 0 saturated carbocycles. The molecule has 0 radical (unpaired) electrons. The molecule has 0 saturated heterocycles. The maximum absolute atomic E-state index is 12.4. The Balaban J connectivity index is 1.61. The first-order chi connectivity index (χ1) is 13.6. The molecule has 3 aromatic carbocycles. The Kier molecular flexibility index (Phi) is 7.06. The molecule has 0 aromatic heterocycles. The molecule has 0 aliphatic heterocycles. The monoisotopic (exact) mass is 412 g/mol. The number of oxime groups is 1. The van der Waals surface area contributed by atoms with Crippen LogP contribution in [0.2, 0.25) is 10.0 Å². The maximum atomic E-state index is 12.4. The van der Waals surface area contributed by atoms with Crippen LogP contribution in [0.15, 0.2) is 84.0 Å². The Labute approximate surface area is 173 Å². The average molecular weight is 413 g/mol. The molecule has 1 N–H and O–H groups in total. The summed E-state index contributed by atoms with van der Waals surface area (Å²) < 4.78 is 0. The van der Waals surface area contributed by atoms with Gasteiger partial charge in [0.15, 0.2) is 6.61 Å². The maximum Gasteiger partial charge on any atom is 0.261 e. The molecule has 0 atom stereocenters. The summed E-state index contributed by atoms with van der Waals surface area (Å²) in [4.78, 5) is 17.5. The van der Waals surface area contributed by atoms with Crippen LogP contribution in [-0.4, -0.2) is 18.7 Å². The van der Waals surface area contributed by atoms with Crippen molar-refractivity contribution in [1.82, 2.24) is 5.32 Å². The van der Waals surface area contributed by atoms with Gasteiger partial charge in [-0.3, -0.25) is 4.79 Å². The minimum Gasteiger partial charge on any atom is -0.386 e. The molecule has 0 aliphatic carbocycles. The highest BCUT2D eigenvalue weighted by atomic mass is 35.5. The normalized spacial score (nSPS) is 11.0. The van der Waals surface area contributed by atoms with Crippen LogP contribution in [0.3, 0.4) is 0 Å². The van der Waals surface area contributed by atoms with Gasteiger partial charge in [0.1, 0.15) is 0 Å². The van der Waals surface area contributed by atoms with E-state index in [0.29, 0.717) is 10.0 Å². The van der Waals surface area contributed by atoms with Gasteiger partial charge < -0.3 is 10.2 Å². The van der Waals surface area contributed by atoms with Crippen LogP contribution in [0.1, 0.15) is 22.7 Å². The minimum absolute atomic E-state index is 0.200. The zero-order valence-electron chi connectivity index (χ0n) is 14.9. The Morgan fingerprint density at radius 2 is 1.54 bits per heavy atom. The van der Waals surface area contributed by atoms with Gasteiger partial charge in [-0.25, -0.2) is 0 Å². The molecule has 0 bridgehead atoms. The molecule has 0 spiro atoms. The van der Waals surface area contributed by atoms with Crippen LogP contribution in [0.4, 0.5) is 0 Å². The second kappa shape index (κ2) is 9.93. The molecular weight excluding hydrogens is 395 g/mol. The van der Waals surface area contributed by atoms with Crippen molar-refractivity contribution < 1.29 is 9.63 Å². The van der Waals surface area contributed by atoms with E-state index in [0.717, 1.165) is 16.7 Å². The smallest absolute Gasteiger partial charge is 0.261 e. The van der Waals surface area contributed by atoms with Gasteiger partial charge in [-0.15, -0.1) is 0 Å². The second-order valence-electron chi connectivity index (χ2n) is 6.00. The van der Waals surface area contributed by atoms with Gasteiger partial charge in [0.2, 0.25) is 0 Å². The van der Waals surface area contributed by atoms with Crippen molar-refractivity contribution in [2.24, 2.45) is 5.16 Å². The van der Waals surface area contributed by atoms with Crippen LogP contribution in [0.25, 0.3) is 0 Å². The van der Waals surface area contributed by atoms with Gasteiger partial charge in [0, 0.05) is 0 Å². The molecule has 3 aromatic rings. The van der Waals surface area contributed by atoms with Gasteiger partial charge >= 0.3 is 0 Å². The molecule has 1 amide bonds. The molecule has 0 aliphatic rings. The summed E-state index contributed by atoms with van der Waals surface area (Å²) in [5.41, 5.74) is 2.70. The lowest BCUT2D eigenvalue weighted by Crippen LogP contribution is -2.31. The molecule has 4 nitrogen and oxygen atoms in total. The Morgan fingerprint density at radius 3 is 2.11 bits per heavy atom.